The third-order valence-electron chi connectivity index (χ3n) is 3.65. The van der Waals surface area contributed by atoms with Crippen molar-refractivity contribution in [1.29, 1.82) is 0 Å². The molecular weight excluding hydrogens is 282 g/mol. The largest absolute Gasteiger partial charge is 0.490 e. The van der Waals surface area contributed by atoms with Crippen LogP contribution in [0.15, 0.2) is 16.6 Å². The minimum Gasteiger partial charge on any atom is -0.490 e. The summed E-state index contributed by atoms with van der Waals surface area (Å²) in [6, 6.07) is 4.12. The lowest BCUT2D eigenvalue weighted by molar-refractivity contribution is 0.297. The molecule has 3 nitrogen and oxygen atoms in total. The number of rotatable bonds is 2. The highest BCUT2D eigenvalue weighted by molar-refractivity contribution is 9.10. The van der Waals surface area contributed by atoms with E-state index in [4.69, 9.17) is 15.2 Å². The highest BCUT2D eigenvalue weighted by Gasteiger charge is 2.44. The molecule has 1 saturated carbocycles. The number of ether oxygens (including phenoxy) is 2. The molecule has 2 N–H and O–H groups in total. The van der Waals surface area contributed by atoms with E-state index in [9.17, 15) is 0 Å². The van der Waals surface area contributed by atoms with Crippen LogP contribution in [-0.4, -0.2) is 19.8 Å². The molecule has 1 aromatic rings. The Bertz CT molecular complexity index is 443. The Hall–Kier alpha value is -0.740. The number of halogens is 1. The molecule has 0 bridgehead atoms. The lowest BCUT2D eigenvalue weighted by Gasteiger charge is -2.18. The summed E-state index contributed by atoms with van der Waals surface area (Å²) in [7, 11) is 0. The van der Waals surface area contributed by atoms with E-state index in [2.05, 4.69) is 22.0 Å². The first-order valence-corrected chi connectivity index (χ1v) is 6.84. The average Bonchev–Trinajstić information content (AvgIpc) is 3.12. The van der Waals surface area contributed by atoms with Gasteiger partial charge in [-0.05, 0) is 30.5 Å². The number of fused-ring (bicyclic) bond motifs is 1. The van der Waals surface area contributed by atoms with E-state index in [1.54, 1.807) is 0 Å². The van der Waals surface area contributed by atoms with Crippen molar-refractivity contribution in [2.24, 2.45) is 5.73 Å². The minimum atomic E-state index is 0.170. The molecule has 0 aromatic heterocycles. The van der Waals surface area contributed by atoms with Gasteiger partial charge in [-0.15, -0.1) is 0 Å². The molecule has 4 heteroatoms. The molecule has 0 unspecified atom stereocenters. The monoisotopic (exact) mass is 297 g/mol. The summed E-state index contributed by atoms with van der Waals surface area (Å²) in [5, 5.41) is 0. The van der Waals surface area contributed by atoms with Gasteiger partial charge in [0.1, 0.15) is 0 Å². The van der Waals surface area contributed by atoms with Gasteiger partial charge in [0.15, 0.2) is 11.5 Å². The van der Waals surface area contributed by atoms with Crippen LogP contribution in [0.4, 0.5) is 0 Å². The SMILES string of the molecule is NCC1(c2cc3c(cc2Br)OCCCO3)CC1. The van der Waals surface area contributed by atoms with Crippen LogP contribution in [0.3, 0.4) is 0 Å². The molecule has 0 atom stereocenters. The molecule has 0 amide bonds. The van der Waals surface area contributed by atoms with E-state index in [0.29, 0.717) is 6.54 Å². The van der Waals surface area contributed by atoms with E-state index >= 15 is 0 Å². The van der Waals surface area contributed by atoms with Crippen LogP contribution in [0.1, 0.15) is 24.8 Å². The van der Waals surface area contributed by atoms with Gasteiger partial charge in [-0.1, -0.05) is 15.9 Å². The van der Waals surface area contributed by atoms with E-state index in [1.165, 1.54) is 18.4 Å². The number of hydrogen-bond donors (Lipinski definition) is 1. The van der Waals surface area contributed by atoms with Gasteiger partial charge in [0.2, 0.25) is 0 Å². The Morgan fingerprint density at radius 1 is 1.18 bits per heavy atom. The Balaban J connectivity index is 2.03. The van der Waals surface area contributed by atoms with Gasteiger partial charge < -0.3 is 15.2 Å². The smallest absolute Gasteiger partial charge is 0.162 e. The molecule has 92 valence electrons. The maximum atomic E-state index is 5.88. The number of benzene rings is 1. The van der Waals surface area contributed by atoms with Crippen molar-refractivity contribution in [3.63, 3.8) is 0 Å². The highest BCUT2D eigenvalue weighted by atomic mass is 79.9. The molecule has 0 radical (unpaired) electrons. The normalized spacial score (nSPS) is 20.8. The van der Waals surface area contributed by atoms with Gasteiger partial charge in [-0.2, -0.15) is 0 Å². The summed E-state index contributed by atoms with van der Waals surface area (Å²) in [5.74, 6) is 1.70. The Kier molecular flexibility index (Phi) is 2.79. The topological polar surface area (TPSA) is 44.5 Å². The van der Waals surface area contributed by atoms with Crippen LogP contribution in [0.2, 0.25) is 0 Å². The summed E-state index contributed by atoms with van der Waals surface area (Å²) in [5.41, 5.74) is 7.32. The Morgan fingerprint density at radius 3 is 2.41 bits per heavy atom. The fourth-order valence-electron chi connectivity index (χ4n) is 2.32. The van der Waals surface area contributed by atoms with Crippen LogP contribution in [-0.2, 0) is 5.41 Å². The molecule has 1 aliphatic carbocycles. The van der Waals surface area contributed by atoms with Crippen molar-refractivity contribution in [2.45, 2.75) is 24.7 Å². The molecular formula is C13H16BrNO2. The molecule has 0 spiro atoms. The minimum absolute atomic E-state index is 0.170. The summed E-state index contributed by atoms with van der Waals surface area (Å²) in [6.07, 6.45) is 3.27. The first kappa shape index (κ1) is 11.4. The molecule has 1 fully saturated rings. The van der Waals surface area contributed by atoms with E-state index in [0.717, 1.165) is 35.6 Å². The fourth-order valence-corrected chi connectivity index (χ4v) is 3.07. The molecule has 1 heterocycles. The van der Waals surface area contributed by atoms with Crippen molar-refractivity contribution in [3.05, 3.63) is 22.2 Å². The number of nitrogens with two attached hydrogens (primary N) is 1. The van der Waals surface area contributed by atoms with Crippen molar-refractivity contribution < 1.29 is 9.47 Å². The quantitative estimate of drug-likeness (QED) is 0.913. The van der Waals surface area contributed by atoms with Crippen molar-refractivity contribution >= 4 is 15.9 Å². The predicted molar refractivity (Wildman–Crippen MR) is 69.7 cm³/mol. The lowest BCUT2D eigenvalue weighted by Crippen LogP contribution is -2.20. The van der Waals surface area contributed by atoms with Gasteiger partial charge in [-0.25, -0.2) is 0 Å². The maximum Gasteiger partial charge on any atom is 0.162 e. The van der Waals surface area contributed by atoms with Gasteiger partial charge in [-0.3, -0.25) is 0 Å². The van der Waals surface area contributed by atoms with Crippen LogP contribution in [0, 0.1) is 0 Å². The third-order valence-corrected chi connectivity index (χ3v) is 4.31. The van der Waals surface area contributed by atoms with E-state index in [-0.39, 0.29) is 5.41 Å². The highest BCUT2D eigenvalue weighted by Crippen LogP contribution is 2.52. The number of hydrogen-bond acceptors (Lipinski definition) is 3. The second kappa shape index (κ2) is 4.18. The summed E-state index contributed by atoms with van der Waals surface area (Å²) >= 11 is 3.63. The van der Waals surface area contributed by atoms with Gasteiger partial charge in [0.25, 0.3) is 0 Å². The summed E-state index contributed by atoms with van der Waals surface area (Å²) < 4.78 is 12.5. The van der Waals surface area contributed by atoms with Gasteiger partial charge in [0, 0.05) is 22.9 Å². The molecule has 2 aliphatic rings. The van der Waals surface area contributed by atoms with E-state index in [1.807, 2.05) is 6.07 Å². The Morgan fingerprint density at radius 2 is 1.82 bits per heavy atom. The standard InChI is InChI=1S/C13H16BrNO2/c14-10-7-12-11(16-4-1-5-17-12)6-9(10)13(8-15)2-3-13/h6-7H,1-5,8,15H2. The average molecular weight is 298 g/mol. The second-order valence-corrected chi connectivity index (χ2v) is 5.67. The molecule has 1 aromatic carbocycles. The van der Waals surface area contributed by atoms with Gasteiger partial charge in [0.05, 0.1) is 13.2 Å². The Labute approximate surface area is 109 Å². The van der Waals surface area contributed by atoms with Crippen LogP contribution in [0.25, 0.3) is 0 Å². The van der Waals surface area contributed by atoms with E-state index < -0.39 is 0 Å². The van der Waals surface area contributed by atoms with Crippen molar-refractivity contribution in [2.75, 3.05) is 19.8 Å². The maximum absolute atomic E-state index is 5.88. The zero-order chi connectivity index (χ0) is 11.9. The predicted octanol–water partition coefficient (Wildman–Crippen LogP) is 2.60. The van der Waals surface area contributed by atoms with Crippen LogP contribution in [0.5, 0.6) is 11.5 Å². The molecule has 0 saturated heterocycles. The third kappa shape index (κ3) is 1.93. The molecule has 3 rings (SSSR count). The second-order valence-electron chi connectivity index (χ2n) is 4.81. The lowest BCUT2D eigenvalue weighted by atomic mass is 9.96. The summed E-state index contributed by atoms with van der Waals surface area (Å²) in [4.78, 5) is 0. The van der Waals surface area contributed by atoms with Gasteiger partial charge >= 0.3 is 0 Å². The van der Waals surface area contributed by atoms with Crippen LogP contribution >= 0.6 is 15.9 Å². The van der Waals surface area contributed by atoms with Crippen LogP contribution < -0.4 is 15.2 Å². The van der Waals surface area contributed by atoms with Crippen molar-refractivity contribution in [1.82, 2.24) is 0 Å². The summed E-state index contributed by atoms with van der Waals surface area (Å²) in [6.45, 7) is 2.15. The fraction of sp³-hybridized carbons (Fsp3) is 0.538. The zero-order valence-electron chi connectivity index (χ0n) is 9.67. The molecule has 1 aliphatic heterocycles. The van der Waals surface area contributed by atoms with Crippen molar-refractivity contribution in [3.8, 4) is 11.5 Å². The first-order valence-electron chi connectivity index (χ1n) is 6.05. The molecule has 17 heavy (non-hydrogen) atoms. The zero-order valence-corrected chi connectivity index (χ0v) is 11.3. The first-order chi connectivity index (χ1) is 8.25.